The van der Waals surface area contributed by atoms with E-state index in [-0.39, 0.29) is 25.9 Å². The molecule has 4 N–H and O–H groups in total. The normalized spacial score (nSPS) is 27.0. The number of urea groups is 1. The lowest BCUT2D eigenvalue weighted by Gasteiger charge is -2.31. The maximum Gasteiger partial charge on any atom is 0.418 e. The molecule has 2 bridgehead atoms. The highest BCUT2D eigenvalue weighted by molar-refractivity contribution is 7.80. The lowest BCUT2D eigenvalue weighted by Crippen LogP contribution is -2.56. The van der Waals surface area contributed by atoms with Crippen molar-refractivity contribution in [1.82, 2.24) is 25.7 Å². The molecule has 3 aliphatic heterocycles. The van der Waals surface area contributed by atoms with E-state index in [4.69, 9.17) is 9.66 Å². The monoisotopic (exact) mass is 435 g/mol. The smallest absolute Gasteiger partial charge is 0.418 e. The number of nitrogens with one attached hydrogen (secondary N) is 2. The highest BCUT2D eigenvalue weighted by Gasteiger charge is 2.49. The Morgan fingerprint density at radius 3 is 2.41 bits per heavy atom. The number of hydrogen-bond donors (Lipinski definition) is 4. The van der Waals surface area contributed by atoms with Gasteiger partial charge in [-0.3, -0.25) is 25.0 Å². The topological polar surface area (TPSA) is 186 Å². The van der Waals surface area contributed by atoms with Crippen molar-refractivity contribution in [3.8, 4) is 0 Å². The van der Waals surface area contributed by atoms with Gasteiger partial charge in [-0.05, 0) is 25.7 Å². The van der Waals surface area contributed by atoms with Gasteiger partial charge in [-0.25, -0.2) is 9.59 Å². The quantitative estimate of drug-likeness (QED) is 0.302. The van der Waals surface area contributed by atoms with Crippen LogP contribution in [0.25, 0.3) is 0 Å². The average molecular weight is 435 g/mol. The zero-order chi connectivity index (χ0) is 21.3. The Morgan fingerprint density at radius 1 is 1.07 bits per heavy atom. The summed E-state index contributed by atoms with van der Waals surface area (Å²) in [6, 6.07) is -2.48. The SMILES string of the molecule is O=C(NNC(=O)[C@H]1CC[C@@H]2CN1C(=O)N2OS(=O)(=O)O)[C@@H]1CCCN(C(=O)O)C1. The van der Waals surface area contributed by atoms with Crippen LogP contribution < -0.4 is 10.9 Å². The molecule has 3 rings (SSSR count). The minimum absolute atomic E-state index is 0.0225. The molecule has 0 aromatic heterocycles. The van der Waals surface area contributed by atoms with Gasteiger partial charge in [0.25, 0.3) is 5.91 Å². The van der Waals surface area contributed by atoms with Crippen molar-refractivity contribution < 1.29 is 41.5 Å². The second-order valence-electron chi connectivity index (χ2n) is 7.06. The number of fused-ring (bicyclic) bond motifs is 2. The first-order valence-electron chi connectivity index (χ1n) is 8.91. The zero-order valence-electron chi connectivity index (χ0n) is 15.2. The number of rotatable bonds is 4. The van der Waals surface area contributed by atoms with E-state index in [0.29, 0.717) is 24.4 Å². The van der Waals surface area contributed by atoms with E-state index in [1.807, 2.05) is 0 Å². The average Bonchev–Trinajstić information content (AvgIpc) is 2.89. The second kappa shape index (κ2) is 8.00. The number of amides is 5. The van der Waals surface area contributed by atoms with E-state index >= 15 is 0 Å². The Balaban J connectivity index is 1.54. The van der Waals surface area contributed by atoms with E-state index < -0.39 is 52.3 Å². The summed E-state index contributed by atoms with van der Waals surface area (Å²) < 4.78 is 34.8. The number of hydroxylamine groups is 2. The van der Waals surface area contributed by atoms with Gasteiger partial charge in [-0.1, -0.05) is 0 Å². The van der Waals surface area contributed by atoms with Crippen molar-refractivity contribution in [3.05, 3.63) is 0 Å². The molecule has 3 atom stereocenters. The summed E-state index contributed by atoms with van der Waals surface area (Å²) >= 11 is 0. The molecule has 0 spiro atoms. The van der Waals surface area contributed by atoms with Crippen molar-refractivity contribution >= 4 is 34.3 Å². The van der Waals surface area contributed by atoms with E-state index in [2.05, 4.69) is 15.1 Å². The van der Waals surface area contributed by atoms with Crippen LogP contribution in [-0.2, 0) is 24.3 Å². The Morgan fingerprint density at radius 2 is 1.76 bits per heavy atom. The Bertz CT molecular complexity index is 818. The van der Waals surface area contributed by atoms with Crippen molar-refractivity contribution in [2.45, 2.75) is 37.8 Å². The molecular formula is C14H21N5O9S. The van der Waals surface area contributed by atoms with Crippen LogP contribution in [0.3, 0.4) is 0 Å². The van der Waals surface area contributed by atoms with Crippen molar-refractivity contribution in [2.24, 2.45) is 5.92 Å². The summed E-state index contributed by atoms with van der Waals surface area (Å²) in [6.45, 7) is 0.388. The van der Waals surface area contributed by atoms with Crippen LogP contribution >= 0.6 is 0 Å². The van der Waals surface area contributed by atoms with Gasteiger partial charge in [-0.15, -0.1) is 4.28 Å². The Hall–Kier alpha value is -2.65. The summed E-state index contributed by atoms with van der Waals surface area (Å²) in [7, 11) is -4.89. The Labute approximate surface area is 165 Å². The number of likely N-dealkylation sites (tertiary alicyclic amines) is 1. The predicted octanol–water partition coefficient (Wildman–Crippen LogP) is -1.47. The van der Waals surface area contributed by atoms with Crippen molar-refractivity contribution in [1.29, 1.82) is 0 Å². The van der Waals surface area contributed by atoms with Gasteiger partial charge in [-0.2, -0.15) is 13.5 Å². The fourth-order valence-corrected chi connectivity index (χ4v) is 4.17. The largest absolute Gasteiger partial charge is 0.465 e. The highest BCUT2D eigenvalue weighted by atomic mass is 32.3. The van der Waals surface area contributed by atoms with Crippen LogP contribution in [0.4, 0.5) is 9.59 Å². The highest BCUT2D eigenvalue weighted by Crippen LogP contribution is 2.30. The molecule has 3 aliphatic rings. The number of hydrogen-bond acceptors (Lipinski definition) is 7. The van der Waals surface area contributed by atoms with E-state index in [1.54, 1.807) is 0 Å². The molecule has 0 aromatic rings. The molecule has 5 amide bonds. The second-order valence-corrected chi connectivity index (χ2v) is 8.06. The summed E-state index contributed by atoms with van der Waals surface area (Å²) in [5, 5.41) is 9.54. The third-order valence-corrected chi connectivity index (χ3v) is 5.52. The molecule has 0 aromatic carbocycles. The fourth-order valence-electron chi connectivity index (χ4n) is 3.78. The molecule has 15 heteroatoms. The number of hydrazine groups is 1. The first-order valence-corrected chi connectivity index (χ1v) is 10.3. The molecule has 29 heavy (non-hydrogen) atoms. The standard InChI is InChI=1S/C14H21N5O9S/c20-11(8-2-1-5-17(6-8)14(23)24)15-16-12(21)10-4-3-9-7-18(10)13(22)19(9)28-29(25,26)27/h8-10H,1-7H2,(H,15,20)(H,16,21)(H,23,24)(H,25,26,27)/t8-,9-,10-/m1/s1. The molecule has 0 aliphatic carbocycles. The van der Waals surface area contributed by atoms with Crippen LogP contribution in [0, 0.1) is 5.92 Å². The van der Waals surface area contributed by atoms with Gasteiger partial charge < -0.3 is 14.9 Å². The minimum Gasteiger partial charge on any atom is -0.465 e. The first kappa shape index (κ1) is 21.1. The third-order valence-electron chi connectivity index (χ3n) is 5.17. The number of carboxylic acid groups (broad SMARTS) is 1. The Kier molecular flexibility index (Phi) is 5.81. The van der Waals surface area contributed by atoms with Gasteiger partial charge in [0, 0.05) is 19.6 Å². The van der Waals surface area contributed by atoms with E-state index in [1.165, 1.54) is 0 Å². The molecule has 3 saturated heterocycles. The van der Waals surface area contributed by atoms with Crippen LogP contribution in [0.2, 0.25) is 0 Å². The van der Waals surface area contributed by atoms with E-state index in [9.17, 15) is 27.6 Å². The number of nitrogens with zero attached hydrogens (tertiary/aromatic N) is 3. The number of piperidine rings is 2. The molecular weight excluding hydrogens is 414 g/mol. The van der Waals surface area contributed by atoms with E-state index in [0.717, 1.165) is 9.80 Å². The maximum atomic E-state index is 12.4. The molecule has 3 fully saturated rings. The third kappa shape index (κ3) is 4.68. The lowest BCUT2D eigenvalue weighted by atomic mass is 9.98. The number of carbonyl (C=O) groups excluding carboxylic acids is 3. The number of carbonyl (C=O) groups is 4. The minimum atomic E-state index is -4.89. The lowest BCUT2D eigenvalue weighted by molar-refractivity contribution is -0.134. The molecule has 162 valence electrons. The molecule has 14 nitrogen and oxygen atoms in total. The van der Waals surface area contributed by atoms with Gasteiger partial charge in [0.05, 0.1) is 12.0 Å². The summed E-state index contributed by atoms with van der Waals surface area (Å²) in [4.78, 5) is 50.2. The fraction of sp³-hybridized carbons (Fsp3) is 0.714. The van der Waals surface area contributed by atoms with Crippen LogP contribution in [0.15, 0.2) is 0 Å². The first-order chi connectivity index (χ1) is 13.6. The summed E-state index contributed by atoms with van der Waals surface area (Å²) in [5.74, 6) is -1.82. The van der Waals surface area contributed by atoms with Crippen molar-refractivity contribution in [2.75, 3.05) is 19.6 Å². The molecule has 0 saturated carbocycles. The van der Waals surface area contributed by atoms with Gasteiger partial charge in [0.1, 0.15) is 6.04 Å². The van der Waals surface area contributed by atoms with Gasteiger partial charge in [0.15, 0.2) is 0 Å². The summed E-state index contributed by atoms with van der Waals surface area (Å²) in [6.07, 6.45) is 0.323. The molecule has 0 unspecified atom stereocenters. The van der Waals surface area contributed by atoms with Crippen molar-refractivity contribution in [3.63, 3.8) is 0 Å². The van der Waals surface area contributed by atoms with Crippen LogP contribution in [0.1, 0.15) is 25.7 Å². The molecule has 0 radical (unpaired) electrons. The van der Waals surface area contributed by atoms with Gasteiger partial charge in [0.2, 0.25) is 5.91 Å². The zero-order valence-corrected chi connectivity index (χ0v) is 16.0. The van der Waals surface area contributed by atoms with Gasteiger partial charge >= 0.3 is 22.5 Å². The molecule has 3 heterocycles. The van der Waals surface area contributed by atoms with Crippen LogP contribution in [-0.4, -0.2) is 88.6 Å². The maximum absolute atomic E-state index is 12.4. The predicted molar refractivity (Wildman–Crippen MR) is 92.0 cm³/mol. The summed E-state index contributed by atoms with van der Waals surface area (Å²) in [5.41, 5.74) is 4.49. The van der Waals surface area contributed by atoms with Crippen LogP contribution in [0.5, 0.6) is 0 Å².